The van der Waals surface area contributed by atoms with Gasteiger partial charge in [0, 0.05) is 0 Å². The first-order chi connectivity index (χ1) is 11.6. The molecule has 0 saturated heterocycles. The maximum Gasteiger partial charge on any atom is 0.341 e. The molecule has 4 nitrogen and oxygen atoms in total. The first-order valence-electron chi connectivity index (χ1n) is 10.3. The number of nitrogens with two attached hydrogens (primary N) is 1. The first-order valence-corrected chi connectivity index (χ1v) is 12.0. The Morgan fingerprint density at radius 1 is 0.708 bits per heavy atom. The minimum absolute atomic E-state index is 0.286. The van der Waals surface area contributed by atoms with Crippen LogP contribution in [0.15, 0.2) is 0 Å². The molecule has 0 radical (unpaired) electrons. The molecule has 0 fully saturated rings. The smallest absolute Gasteiger partial charge is 0.323 e. The summed E-state index contributed by atoms with van der Waals surface area (Å²) in [5.41, 5.74) is 5.14. The lowest BCUT2D eigenvalue weighted by atomic mass is 10.0. The summed E-state index contributed by atoms with van der Waals surface area (Å²) in [5.74, 6) is 0. The van der Waals surface area contributed by atoms with Gasteiger partial charge in [0.1, 0.15) is 0 Å². The van der Waals surface area contributed by atoms with Gasteiger partial charge >= 0.3 is 7.60 Å². The van der Waals surface area contributed by atoms with Crippen molar-refractivity contribution in [3.63, 3.8) is 0 Å². The summed E-state index contributed by atoms with van der Waals surface area (Å²) >= 11 is 0. The van der Waals surface area contributed by atoms with E-state index in [1.54, 1.807) is 0 Å². The molecule has 5 heteroatoms. The van der Waals surface area contributed by atoms with Gasteiger partial charge < -0.3 is 15.2 Å². The molecule has 3 N–H and O–H groups in total. The number of unbranched alkanes of at least 4 members (excludes halogenated alkanes) is 15. The molecule has 24 heavy (non-hydrogen) atoms. The zero-order valence-electron chi connectivity index (χ0n) is 16.0. The first kappa shape index (κ1) is 24.1. The van der Waals surface area contributed by atoms with Crippen LogP contribution in [0.3, 0.4) is 0 Å². The van der Waals surface area contributed by atoms with Crippen LogP contribution >= 0.6 is 7.60 Å². The lowest BCUT2D eigenvalue weighted by Gasteiger charge is -2.09. The summed E-state index contributed by atoms with van der Waals surface area (Å²) in [6.45, 7) is 2.62. The highest BCUT2D eigenvalue weighted by Gasteiger charge is 2.14. The van der Waals surface area contributed by atoms with E-state index in [9.17, 15) is 4.57 Å². The molecule has 146 valence electrons. The second-order valence-electron chi connectivity index (χ2n) is 6.96. The third-order valence-electron chi connectivity index (χ3n) is 4.52. The normalized spacial score (nSPS) is 14.0. The third-order valence-corrected chi connectivity index (χ3v) is 5.57. The molecule has 0 bridgehead atoms. The molecule has 0 aromatic carbocycles. The van der Waals surface area contributed by atoms with E-state index in [4.69, 9.17) is 15.2 Å². The Hall–Kier alpha value is 0.110. The Morgan fingerprint density at radius 2 is 1.04 bits per heavy atom. The average molecular weight is 364 g/mol. The van der Waals surface area contributed by atoms with Crippen molar-refractivity contribution in [1.29, 1.82) is 0 Å². The van der Waals surface area contributed by atoms with Gasteiger partial charge in [-0.3, -0.25) is 4.57 Å². The summed E-state index contributed by atoms with van der Waals surface area (Å²) < 4.78 is 16.0. The van der Waals surface area contributed by atoms with Gasteiger partial charge in [0.05, 0.1) is 12.9 Å². The third kappa shape index (κ3) is 18.4. The second kappa shape index (κ2) is 17.9. The van der Waals surface area contributed by atoms with Gasteiger partial charge in [-0.2, -0.15) is 0 Å². The van der Waals surface area contributed by atoms with Crippen molar-refractivity contribution in [2.24, 2.45) is 5.73 Å². The Kier molecular flexibility index (Phi) is 18.0. The summed E-state index contributed by atoms with van der Waals surface area (Å²) in [4.78, 5) is 9.16. The molecular weight excluding hydrogens is 321 g/mol. The van der Waals surface area contributed by atoms with Crippen LogP contribution in [-0.4, -0.2) is 17.8 Å². The SMILES string of the molecule is CCCCCCCCCCCCCCCCCCOP(=O)(O)CN. The van der Waals surface area contributed by atoms with Crippen LogP contribution in [-0.2, 0) is 9.09 Å². The molecule has 0 saturated carbocycles. The van der Waals surface area contributed by atoms with Gasteiger partial charge in [-0.1, -0.05) is 103 Å². The minimum Gasteiger partial charge on any atom is -0.323 e. The monoisotopic (exact) mass is 363 g/mol. The quantitative estimate of drug-likeness (QED) is 0.207. The van der Waals surface area contributed by atoms with Crippen LogP contribution in [0.5, 0.6) is 0 Å². The fourth-order valence-corrected chi connectivity index (χ4v) is 3.43. The van der Waals surface area contributed by atoms with Gasteiger partial charge in [0.25, 0.3) is 0 Å². The van der Waals surface area contributed by atoms with Crippen LogP contribution in [0.1, 0.15) is 110 Å². The van der Waals surface area contributed by atoms with Crippen LogP contribution in [0.2, 0.25) is 0 Å². The van der Waals surface area contributed by atoms with E-state index in [0.717, 1.165) is 12.8 Å². The van der Waals surface area contributed by atoms with E-state index in [2.05, 4.69) is 6.92 Å². The topological polar surface area (TPSA) is 72.5 Å². The predicted octanol–water partition coefficient (Wildman–Crippen LogP) is 6.37. The second-order valence-corrected chi connectivity index (χ2v) is 8.85. The van der Waals surface area contributed by atoms with Crippen molar-refractivity contribution in [1.82, 2.24) is 0 Å². The molecular formula is C19H42NO3P. The van der Waals surface area contributed by atoms with E-state index in [1.807, 2.05) is 0 Å². The molecule has 0 aromatic heterocycles. The van der Waals surface area contributed by atoms with Crippen molar-refractivity contribution in [3.05, 3.63) is 0 Å². The molecule has 0 aliphatic carbocycles. The Balaban J connectivity index is 3.06. The maximum absolute atomic E-state index is 11.2. The van der Waals surface area contributed by atoms with E-state index in [1.165, 1.54) is 89.9 Å². The van der Waals surface area contributed by atoms with Crippen LogP contribution in [0.4, 0.5) is 0 Å². The highest BCUT2D eigenvalue weighted by Crippen LogP contribution is 2.39. The standard InChI is InChI=1S/C19H42NO3P/c1-2-3-4-5-6-7-8-9-10-11-12-13-14-15-16-17-18-23-24(21,22)19-20/h2-20H2,1H3,(H,21,22). The molecule has 0 amide bonds. The van der Waals surface area contributed by atoms with Gasteiger partial charge in [-0.05, 0) is 6.42 Å². The van der Waals surface area contributed by atoms with E-state index < -0.39 is 7.60 Å². The zero-order valence-corrected chi connectivity index (χ0v) is 16.9. The highest BCUT2D eigenvalue weighted by molar-refractivity contribution is 7.52. The largest absolute Gasteiger partial charge is 0.341 e. The molecule has 0 aromatic rings. The van der Waals surface area contributed by atoms with Gasteiger partial charge in [-0.15, -0.1) is 0 Å². The molecule has 0 heterocycles. The van der Waals surface area contributed by atoms with Crippen molar-refractivity contribution >= 4 is 7.60 Å². The van der Waals surface area contributed by atoms with Gasteiger partial charge in [-0.25, -0.2) is 0 Å². The average Bonchev–Trinajstić information content (AvgIpc) is 2.57. The minimum atomic E-state index is -3.49. The molecule has 1 unspecified atom stereocenters. The van der Waals surface area contributed by atoms with Crippen molar-refractivity contribution < 1.29 is 14.0 Å². The summed E-state index contributed by atoms with van der Waals surface area (Å²) in [6, 6.07) is 0. The fraction of sp³-hybridized carbons (Fsp3) is 1.00. The van der Waals surface area contributed by atoms with Crippen LogP contribution in [0, 0.1) is 0 Å². The van der Waals surface area contributed by atoms with E-state index in [0.29, 0.717) is 6.61 Å². The molecule has 0 aliphatic heterocycles. The van der Waals surface area contributed by atoms with Crippen molar-refractivity contribution in [3.8, 4) is 0 Å². The fourth-order valence-electron chi connectivity index (χ4n) is 2.91. The number of rotatable bonds is 19. The molecule has 1 atom stereocenters. The van der Waals surface area contributed by atoms with Crippen LogP contribution < -0.4 is 5.73 Å². The molecule has 0 rings (SSSR count). The number of hydrogen-bond donors (Lipinski definition) is 2. The lowest BCUT2D eigenvalue weighted by Crippen LogP contribution is -2.04. The Bertz CT molecular complexity index is 300. The van der Waals surface area contributed by atoms with Crippen molar-refractivity contribution in [2.45, 2.75) is 110 Å². The van der Waals surface area contributed by atoms with Crippen LogP contribution in [0.25, 0.3) is 0 Å². The molecule has 0 aliphatic rings. The summed E-state index contributed by atoms with van der Waals surface area (Å²) in [5, 5.41) is 0. The lowest BCUT2D eigenvalue weighted by molar-refractivity contribution is 0.253. The van der Waals surface area contributed by atoms with E-state index in [-0.39, 0.29) is 6.29 Å². The summed E-state index contributed by atoms with van der Waals surface area (Å²) in [7, 11) is -3.49. The Morgan fingerprint density at radius 3 is 1.38 bits per heavy atom. The maximum atomic E-state index is 11.2. The predicted molar refractivity (Wildman–Crippen MR) is 104 cm³/mol. The molecule has 0 spiro atoms. The van der Waals surface area contributed by atoms with Crippen molar-refractivity contribution in [2.75, 3.05) is 12.9 Å². The Labute approximate surface area is 150 Å². The van der Waals surface area contributed by atoms with Gasteiger partial charge in [0.15, 0.2) is 0 Å². The summed E-state index contributed by atoms with van der Waals surface area (Å²) in [6.07, 6.45) is 20.8. The number of hydrogen-bond acceptors (Lipinski definition) is 3. The zero-order chi connectivity index (χ0) is 17.9. The highest BCUT2D eigenvalue weighted by atomic mass is 31.2. The van der Waals surface area contributed by atoms with E-state index >= 15 is 0 Å². The van der Waals surface area contributed by atoms with Gasteiger partial charge in [0.2, 0.25) is 0 Å².